The number of hydrogen-bond acceptors (Lipinski definition) is 5. The van der Waals surface area contributed by atoms with Crippen LogP contribution in [0.1, 0.15) is 17.8 Å². The third kappa shape index (κ3) is 3.78. The van der Waals surface area contributed by atoms with E-state index in [2.05, 4.69) is 9.97 Å². The summed E-state index contributed by atoms with van der Waals surface area (Å²) in [4.78, 5) is 22.9. The number of pyridine rings is 1. The van der Waals surface area contributed by atoms with Crippen molar-refractivity contribution >= 4 is 17.3 Å². The maximum absolute atomic E-state index is 12.3. The van der Waals surface area contributed by atoms with Crippen molar-refractivity contribution in [3.8, 4) is 0 Å². The van der Waals surface area contributed by atoms with Gasteiger partial charge >= 0.3 is 6.09 Å². The van der Waals surface area contributed by atoms with Crippen LogP contribution in [0.3, 0.4) is 0 Å². The summed E-state index contributed by atoms with van der Waals surface area (Å²) in [6, 6.07) is 13.4. The Labute approximate surface area is 157 Å². The van der Waals surface area contributed by atoms with E-state index in [0.717, 1.165) is 23.1 Å². The van der Waals surface area contributed by atoms with Crippen LogP contribution in [-0.4, -0.2) is 43.7 Å². The van der Waals surface area contributed by atoms with Crippen LogP contribution < -0.4 is 0 Å². The van der Waals surface area contributed by atoms with Crippen LogP contribution in [0, 0.1) is 5.92 Å². The Balaban J connectivity index is 1.38. The fraction of sp³-hybridized carbons (Fsp3) is 0.350. The minimum absolute atomic E-state index is 0.133. The molecule has 1 atom stereocenters. The predicted octanol–water partition coefficient (Wildman–Crippen LogP) is 2.58. The highest BCUT2D eigenvalue weighted by Gasteiger charge is 2.28. The molecule has 7 nitrogen and oxygen atoms in total. The van der Waals surface area contributed by atoms with Gasteiger partial charge < -0.3 is 19.3 Å². The maximum Gasteiger partial charge on any atom is 0.410 e. The average Bonchev–Trinajstić information content (AvgIpc) is 3.32. The number of benzene rings is 1. The fourth-order valence-corrected chi connectivity index (χ4v) is 3.53. The number of imidazole rings is 1. The molecule has 1 aliphatic heterocycles. The smallest absolute Gasteiger partial charge is 0.410 e. The first-order valence-electron chi connectivity index (χ1n) is 9.11. The van der Waals surface area contributed by atoms with Crippen molar-refractivity contribution in [3.05, 3.63) is 60.0 Å². The molecule has 3 aromatic rings. The molecule has 0 aliphatic carbocycles. The lowest BCUT2D eigenvalue weighted by Crippen LogP contribution is -2.30. The van der Waals surface area contributed by atoms with Crippen molar-refractivity contribution in [1.29, 1.82) is 0 Å². The molecule has 1 aromatic carbocycles. The van der Waals surface area contributed by atoms with Gasteiger partial charge in [-0.05, 0) is 30.0 Å². The molecule has 0 bridgehead atoms. The molecule has 0 spiro atoms. The summed E-state index contributed by atoms with van der Waals surface area (Å²) in [7, 11) is 0. The standard InChI is InChI=1S/C20H22N4O3/c25-13-18-22-17-7-4-9-21-19(17)24(18)12-16-8-10-23(11-16)20(26)27-14-15-5-2-1-3-6-15/h1-7,9,16,25H,8,10-14H2/t16-/m1/s1. The molecule has 140 valence electrons. The summed E-state index contributed by atoms with van der Waals surface area (Å²) in [6.07, 6.45) is 2.33. The lowest BCUT2D eigenvalue weighted by atomic mass is 10.1. The van der Waals surface area contributed by atoms with Crippen molar-refractivity contribution < 1.29 is 14.6 Å². The molecule has 1 aliphatic rings. The Morgan fingerprint density at radius 3 is 2.89 bits per heavy atom. The summed E-state index contributed by atoms with van der Waals surface area (Å²) >= 11 is 0. The summed E-state index contributed by atoms with van der Waals surface area (Å²) in [6.45, 7) is 2.13. The van der Waals surface area contributed by atoms with Gasteiger partial charge in [0.1, 0.15) is 24.6 Å². The van der Waals surface area contributed by atoms with Crippen molar-refractivity contribution in [1.82, 2.24) is 19.4 Å². The Hall–Kier alpha value is -2.93. The maximum atomic E-state index is 12.3. The van der Waals surface area contributed by atoms with Crippen LogP contribution in [0.4, 0.5) is 4.79 Å². The van der Waals surface area contributed by atoms with Crippen molar-refractivity contribution in [2.45, 2.75) is 26.2 Å². The summed E-state index contributed by atoms with van der Waals surface area (Å²) in [5.74, 6) is 0.882. The van der Waals surface area contributed by atoms with E-state index < -0.39 is 0 Å². The SMILES string of the molecule is O=C(OCc1ccccc1)N1CC[C@@H](Cn2c(CO)nc3cccnc32)C1. The van der Waals surface area contributed by atoms with E-state index >= 15 is 0 Å². The van der Waals surface area contributed by atoms with Crippen LogP contribution in [0.5, 0.6) is 0 Å². The Morgan fingerprint density at radius 2 is 2.07 bits per heavy atom. The largest absolute Gasteiger partial charge is 0.445 e. The van der Waals surface area contributed by atoms with Crippen LogP contribution in [0.2, 0.25) is 0 Å². The highest BCUT2D eigenvalue weighted by molar-refractivity contribution is 5.71. The number of carbonyl (C=O) groups is 1. The second kappa shape index (κ2) is 7.75. The molecule has 1 saturated heterocycles. The normalized spacial score (nSPS) is 16.8. The molecule has 0 saturated carbocycles. The van der Waals surface area contributed by atoms with Gasteiger partial charge in [-0.25, -0.2) is 14.8 Å². The third-order valence-corrected chi connectivity index (χ3v) is 4.91. The van der Waals surface area contributed by atoms with E-state index in [1.807, 2.05) is 47.0 Å². The number of ether oxygens (including phenoxy) is 1. The monoisotopic (exact) mass is 366 g/mol. The van der Waals surface area contributed by atoms with E-state index in [0.29, 0.717) is 25.5 Å². The van der Waals surface area contributed by atoms with Gasteiger partial charge in [0.2, 0.25) is 0 Å². The average molecular weight is 366 g/mol. The van der Waals surface area contributed by atoms with Crippen LogP contribution in [0.25, 0.3) is 11.2 Å². The molecule has 0 radical (unpaired) electrons. The Bertz CT molecular complexity index is 925. The first kappa shape index (κ1) is 17.5. The highest BCUT2D eigenvalue weighted by atomic mass is 16.6. The molecule has 2 aromatic heterocycles. The number of aliphatic hydroxyl groups is 1. The lowest BCUT2D eigenvalue weighted by Gasteiger charge is -2.17. The number of amides is 1. The number of aliphatic hydroxyl groups excluding tert-OH is 1. The Morgan fingerprint density at radius 1 is 1.22 bits per heavy atom. The van der Waals surface area contributed by atoms with Gasteiger partial charge in [0, 0.05) is 25.8 Å². The molecule has 0 unspecified atom stereocenters. The van der Waals surface area contributed by atoms with Gasteiger partial charge in [-0.1, -0.05) is 30.3 Å². The lowest BCUT2D eigenvalue weighted by molar-refractivity contribution is 0.103. The molecular weight excluding hydrogens is 344 g/mol. The molecule has 3 heterocycles. The van der Waals surface area contributed by atoms with Gasteiger partial charge in [-0.2, -0.15) is 0 Å². The number of likely N-dealkylation sites (tertiary alicyclic amines) is 1. The zero-order valence-corrected chi connectivity index (χ0v) is 15.0. The van der Waals surface area contributed by atoms with E-state index in [9.17, 15) is 9.90 Å². The minimum atomic E-state index is -0.280. The van der Waals surface area contributed by atoms with E-state index in [1.165, 1.54) is 0 Å². The van der Waals surface area contributed by atoms with Gasteiger partial charge in [0.15, 0.2) is 5.65 Å². The van der Waals surface area contributed by atoms with E-state index in [4.69, 9.17) is 4.74 Å². The van der Waals surface area contributed by atoms with E-state index in [-0.39, 0.29) is 25.2 Å². The second-order valence-electron chi connectivity index (χ2n) is 6.78. The summed E-state index contributed by atoms with van der Waals surface area (Å²) < 4.78 is 7.38. The fourth-order valence-electron chi connectivity index (χ4n) is 3.53. The number of rotatable bonds is 5. The first-order chi connectivity index (χ1) is 13.2. The number of nitrogens with zero attached hydrogens (tertiary/aromatic N) is 4. The van der Waals surface area contributed by atoms with Gasteiger partial charge in [0.25, 0.3) is 0 Å². The number of aromatic nitrogens is 3. The second-order valence-corrected chi connectivity index (χ2v) is 6.78. The third-order valence-electron chi connectivity index (χ3n) is 4.91. The number of hydrogen-bond donors (Lipinski definition) is 1. The minimum Gasteiger partial charge on any atom is -0.445 e. The van der Waals surface area contributed by atoms with Crippen molar-refractivity contribution in [2.24, 2.45) is 5.92 Å². The number of fused-ring (bicyclic) bond motifs is 1. The molecule has 1 fully saturated rings. The van der Waals surface area contributed by atoms with Gasteiger partial charge in [-0.15, -0.1) is 0 Å². The molecule has 4 rings (SSSR count). The zero-order valence-electron chi connectivity index (χ0n) is 15.0. The zero-order chi connectivity index (χ0) is 18.6. The molecule has 1 N–H and O–H groups in total. The summed E-state index contributed by atoms with van der Waals surface area (Å²) in [5.41, 5.74) is 2.52. The van der Waals surface area contributed by atoms with Crippen LogP contribution in [0.15, 0.2) is 48.7 Å². The van der Waals surface area contributed by atoms with E-state index in [1.54, 1.807) is 11.1 Å². The van der Waals surface area contributed by atoms with Gasteiger partial charge in [0.05, 0.1) is 0 Å². The molecular formula is C20H22N4O3. The van der Waals surface area contributed by atoms with Crippen molar-refractivity contribution in [3.63, 3.8) is 0 Å². The number of carbonyl (C=O) groups excluding carboxylic acids is 1. The highest BCUT2D eigenvalue weighted by Crippen LogP contribution is 2.23. The van der Waals surface area contributed by atoms with Crippen LogP contribution >= 0.6 is 0 Å². The summed E-state index contributed by atoms with van der Waals surface area (Å²) in [5, 5.41) is 9.62. The Kier molecular flexibility index (Phi) is 5.02. The molecule has 1 amide bonds. The van der Waals surface area contributed by atoms with Crippen LogP contribution in [-0.2, 0) is 24.5 Å². The quantitative estimate of drug-likeness (QED) is 0.751. The topological polar surface area (TPSA) is 80.5 Å². The molecule has 27 heavy (non-hydrogen) atoms. The van der Waals surface area contributed by atoms with Crippen molar-refractivity contribution in [2.75, 3.05) is 13.1 Å². The predicted molar refractivity (Wildman–Crippen MR) is 99.8 cm³/mol. The van der Waals surface area contributed by atoms with Gasteiger partial charge in [-0.3, -0.25) is 0 Å². The first-order valence-corrected chi connectivity index (χ1v) is 9.11. The molecule has 7 heteroatoms.